The highest BCUT2D eigenvalue weighted by atomic mass is 32.2. The van der Waals surface area contributed by atoms with E-state index in [1.165, 1.54) is 23.9 Å². The number of halogens is 1. The molecule has 0 radical (unpaired) electrons. The number of hydrogen-bond donors (Lipinski definition) is 0. The predicted molar refractivity (Wildman–Crippen MR) is 60.7 cm³/mol. The summed E-state index contributed by atoms with van der Waals surface area (Å²) in [6.45, 7) is 4.10. The van der Waals surface area contributed by atoms with Gasteiger partial charge in [0.2, 0.25) is 5.89 Å². The quantitative estimate of drug-likeness (QED) is 0.768. The molecule has 0 atom stereocenters. The summed E-state index contributed by atoms with van der Waals surface area (Å²) in [5, 5.41) is 8.74. The summed E-state index contributed by atoms with van der Waals surface area (Å²) in [6.07, 6.45) is 0. The number of benzene rings is 1. The number of rotatable bonds is 3. The highest BCUT2D eigenvalue weighted by Gasteiger charge is 2.10. The second kappa shape index (κ2) is 4.65. The van der Waals surface area contributed by atoms with Crippen LogP contribution in [0.5, 0.6) is 0 Å². The van der Waals surface area contributed by atoms with Crippen molar-refractivity contribution >= 4 is 11.8 Å². The van der Waals surface area contributed by atoms with Crippen LogP contribution in [0, 0.1) is 5.82 Å². The summed E-state index contributed by atoms with van der Waals surface area (Å²) >= 11 is 1.50. The normalized spacial score (nSPS) is 11.0. The maximum absolute atomic E-state index is 12.7. The Balaban J connectivity index is 2.21. The van der Waals surface area contributed by atoms with Crippen molar-refractivity contribution in [2.24, 2.45) is 0 Å². The van der Waals surface area contributed by atoms with Crippen molar-refractivity contribution < 1.29 is 8.81 Å². The zero-order valence-corrected chi connectivity index (χ0v) is 9.79. The van der Waals surface area contributed by atoms with Crippen LogP contribution >= 0.6 is 11.8 Å². The molecular weight excluding hydrogens is 227 g/mol. The molecule has 2 rings (SSSR count). The summed E-state index contributed by atoms with van der Waals surface area (Å²) in [5.41, 5.74) is 0.726. The largest absolute Gasteiger partial charge is 0.411 e. The van der Waals surface area contributed by atoms with Crippen LogP contribution < -0.4 is 0 Å². The lowest BCUT2D eigenvalue weighted by atomic mass is 10.2. The molecule has 84 valence electrons. The Kier molecular flexibility index (Phi) is 3.24. The van der Waals surface area contributed by atoms with Crippen LogP contribution in [0.2, 0.25) is 0 Å². The van der Waals surface area contributed by atoms with Crippen LogP contribution in [0.25, 0.3) is 11.5 Å². The fourth-order valence-electron chi connectivity index (χ4n) is 1.17. The Hall–Kier alpha value is -1.36. The molecule has 3 nitrogen and oxygen atoms in total. The molecular formula is C11H11FN2OS. The standard InChI is InChI=1S/C11H11FN2OS/c1-7(2)16-11-14-13-10(15-11)8-3-5-9(12)6-4-8/h3-7H,1-2H3. The molecule has 0 saturated heterocycles. The zero-order valence-electron chi connectivity index (χ0n) is 8.98. The molecule has 5 heteroatoms. The van der Waals surface area contributed by atoms with E-state index in [4.69, 9.17) is 4.42 Å². The molecule has 1 aromatic carbocycles. The highest BCUT2D eigenvalue weighted by molar-refractivity contribution is 7.99. The van der Waals surface area contributed by atoms with Gasteiger partial charge in [0.25, 0.3) is 5.22 Å². The second-order valence-electron chi connectivity index (χ2n) is 3.55. The van der Waals surface area contributed by atoms with E-state index in [9.17, 15) is 4.39 Å². The topological polar surface area (TPSA) is 38.9 Å². The van der Waals surface area contributed by atoms with Crippen molar-refractivity contribution in [2.45, 2.75) is 24.3 Å². The molecule has 1 aromatic heterocycles. The van der Waals surface area contributed by atoms with Gasteiger partial charge in [0.05, 0.1) is 0 Å². The van der Waals surface area contributed by atoms with E-state index in [0.29, 0.717) is 16.4 Å². The summed E-state index contributed by atoms with van der Waals surface area (Å²) in [5.74, 6) is 0.142. The maximum atomic E-state index is 12.7. The van der Waals surface area contributed by atoms with Crippen LogP contribution in [0.3, 0.4) is 0 Å². The maximum Gasteiger partial charge on any atom is 0.277 e. The Labute approximate surface area is 97.1 Å². The van der Waals surface area contributed by atoms with Crippen molar-refractivity contribution in [2.75, 3.05) is 0 Å². The SMILES string of the molecule is CC(C)Sc1nnc(-c2ccc(F)cc2)o1. The highest BCUT2D eigenvalue weighted by Crippen LogP contribution is 2.25. The summed E-state index contributed by atoms with van der Waals surface area (Å²) in [4.78, 5) is 0. The van der Waals surface area contributed by atoms with E-state index in [-0.39, 0.29) is 5.82 Å². The van der Waals surface area contributed by atoms with Gasteiger partial charge in [0.1, 0.15) is 5.82 Å². The lowest BCUT2D eigenvalue weighted by Gasteiger charge is -1.97. The average molecular weight is 238 g/mol. The zero-order chi connectivity index (χ0) is 11.5. The molecule has 1 heterocycles. The second-order valence-corrected chi connectivity index (χ2v) is 5.07. The van der Waals surface area contributed by atoms with Gasteiger partial charge < -0.3 is 4.42 Å². The average Bonchev–Trinajstić information content (AvgIpc) is 2.66. The third-order valence-corrected chi connectivity index (χ3v) is 2.67. The lowest BCUT2D eigenvalue weighted by Crippen LogP contribution is -1.84. The molecule has 0 bridgehead atoms. The third kappa shape index (κ3) is 2.61. The van der Waals surface area contributed by atoms with E-state index in [0.717, 1.165) is 5.56 Å². The smallest absolute Gasteiger partial charge is 0.277 e. The van der Waals surface area contributed by atoms with Crippen molar-refractivity contribution in [1.82, 2.24) is 10.2 Å². The summed E-state index contributed by atoms with van der Waals surface area (Å²) in [6, 6.07) is 5.98. The van der Waals surface area contributed by atoms with Crippen molar-refractivity contribution in [3.63, 3.8) is 0 Å². The first kappa shape index (κ1) is 11.1. The van der Waals surface area contributed by atoms with Crippen molar-refractivity contribution in [1.29, 1.82) is 0 Å². The van der Waals surface area contributed by atoms with E-state index >= 15 is 0 Å². The van der Waals surface area contributed by atoms with Gasteiger partial charge in [0, 0.05) is 10.8 Å². The van der Waals surface area contributed by atoms with E-state index < -0.39 is 0 Å². The van der Waals surface area contributed by atoms with Crippen LogP contribution in [0.1, 0.15) is 13.8 Å². The fourth-order valence-corrected chi connectivity index (χ4v) is 1.79. The molecule has 2 aromatic rings. The van der Waals surface area contributed by atoms with Gasteiger partial charge in [-0.2, -0.15) is 0 Å². The van der Waals surface area contributed by atoms with Gasteiger partial charge in [0.15, 0.2) is 0 Å². The minimum Gasteiger partial charge on any atom is -0.411 e. The van der Waals surface area contributed by atoms with Crippen molar-refractivity contribution in [3.05, 3.63) is 30.1 Å². The number of hydrogen-bond acceptors (Lipinski definition) is 4. The van der Waals surface area contributed by atoms with Gasteiger partial charge in [-0.3, -0.25) is 0 Å². The van der Waals surface area contributed by atoms with Gasteiger partial charge >= 0.3 is 0 Å². The molecule has 0 N–H and O–H groups in total. The molecule has 0 aliphatic carbocycles. The first-order valence-electron chi connectivity index (χ1n) is 4.91. The van der Waals surface area contributed by atoms with E-state index in [1.54, 1.807) is 12.1 Å². The number of aromatic nitrogens is 2. The van der Waals surface area contributed by atoms with E-state index in [1.807, 2.05) is 13.8 Å². The minimum absolute atomic E-state index is 0.278. The van der Waals surface area contributed by atoms with Crippen LogP contribution in [-0.4, -0.2) is 15.4 Å². The number of thioether (sulfide) groups is 1. The third-order valence-electron chi connectivity index (χ3n) is 1.83. The molecule has 0 amide bonds. The molecule has 0 fully saturated rings. The van der Waals surface area contributed by atoms with Gasteiger partial charge in [-0.05, 0) is 24.3 Å². The molecule has 0 spiro atoms. The Morgan fingerprint density at radius 1 is 1.19 bits per heavy atom. The first-order chi connectivity index (χ1) is 7.65. The Morgan fingerprint density at radius 2 is 1.88 bits per heavy atom. The van der Waals surface area contributed by atoms with Gasteiger partial charge in [-0.15, -0.1) is 10.2 Å². The van der Waals surface area contributed by atoms with Crippen LogP contribution in [0.4, 0.5) is 4.39 Å². The van der Waals surface area contributed by atoms with Crippen LogP contribution in [-0.2, 0) is 0 Å². The Morgan fingerprint density at radius 3 is 2.50 bits per heavy atom. The minimum atomic E-state index is -0.278. The van der Waals surface area contributed by atoms with Crippen LogP contribution in [0.15, 0.2) is 33.9 Å². The lowest BCUT2D eigenvalue weighted by molar-refractivity contribution is 0.465. The van der Waals surface area contributed by atoms with E-state index in [2.05, 4.69) is 10.2 Å². The molecule has 0 saturated carbocycles. The Bertz CT molecular complexity index is 467. The van der Waals surface area contributed by atoms with Gasteiger partial charge in [-0.25, -0.2) is 4.39 Å². The van der Waals surface area contributed by atoms with Gasteiger partial charge in [-0.1, -0.05) is 25.6 Å². The summed E-state index contributed by atoms with van der Waals surface area (Å²) < 4.78 is 18.1. The molecule has 0 unspecified atom stereocenters. The monoisotopic (exact) mass is 238 g/mol. The molecule has 0 aliphatic heterocycles. The van der Waals surface area contributed by atoms with Crippen molar-refractivity contribution in [3.8, 4) is 11.5 Å². The summed E-state index contributed by atoms with van der Waals surface area (Å²) in [7, 11) is 0. The number of nitrogens with zero attached hydrogens (tertiary/aromatic N) is 2. The first-order valence-corrected chi connectivity index (χ1v) is 5.79. The predicted octanol–water partition coefficient (Wildman–Crippen LogP) is 3.38. The molecule has 0 aliphatic rings. The fraction of sp³-hybridized carbons (Fsp3) is 0.273. The molecule has 16 heavy (non-hydrogen) atoms.